The molecule has 0 aromatic carbocycles. The number of rotatable bonds is 30. The second-order valence-corrected chi connectivity index (χ2v) is 11.5. The van der Waals surface area contributed by atoms with Crippen molar-refractivity contribution in [1.82, 2.24) is 0 Å². The third-order valence-corrected chi connectivity index (χ3v) is 7.66. The normalized spacial score (nSPS) is 12.0. The van der Waals surface area contributed by atoms with Crippen LogP contribution < -0.4 is 0 Å². The molecule has 4 nitrogen and oxygen atoms in total. The van der Waals surface area contributed by atoms with Crippen molar-refractivity contribution in [3.05, 3.63) is 0 Å². The fraction of sp³-hybridized carbons (Fsp3) is 0.941. The molecule has 4 heteroatoms. The van der Waals surface area contributed by atoms with Gasteiger partial charge in [0, 0.05) is 12.8 Å². The number of esters is 2. The lowest BCUT2D eigenvalue weighted by Gasteiger charge is -2.16. The number of hydrogen-bond acceptors (Lipinski definition) is 4. The van der Waals surface area contributed by atoms with Crippen LogP contribution in [0.3, 0.4) is 0 Å². The third-order valence-electron chi connectivity index (χ3n) is 7.66. The summed E-state index contributed by atoms with van der Waals surface area (Å²) in [6, 6.07) is 0. The van der Waals surface area contributed by atoms with E-state index in [0.29, 0.717) is 19.4 Å². The third kappa shape index (κ3) is 28.0. The molecule has 0 radical (unpaired) electrons. The Bertz CT molecular complexity index is 505. The Morgan fingerprint density at radius 3 is 1.34 bits per heavy atom. The van der Waals surface area contributed by atoms with Crippen LogP contribution in [-0.2, 0) is 19.1 Å². The van der Waals surface area contributed by atoms with Gasteiger partial charge in [0.1, 0.15) is 6.10 Å². The lowest BCUT2D eigenvalue weighted by molar-refractivity contribution is -0.149. The van der Waals surface area contributed by atoms with Crippen LogP contribution in [0.15, 0.2) is 0 Å². The monoisotopic (exact) mass is 538 g/mol. The van der Waals surface area contributed by atoms with Crippen molar-refractivity contribution in [1.29, 1.82) is 0 Å². The molecule has 0 N–H and O–H groups in total. The first kappa shape index (κ1) is 36.9. The summed E-state index contributed by atoms with van der Waals surface area (Å²) < 4.78 is 11.0. The van der Waals surface area contributed by atoms with Gasteiger partial charge in [-0.2, -0.15) is 0 Å². The topological polar surface area (TPSA) is 52.6 Å². The molecule has 0 rings (SSSR count). The lowest BCUT2D eigenvalue weighted by Crippen LogP contribution is -2.17. The van der Waals surface area contributed by atoms with Crippen LogP contribution in [0.4, 0.5) is 0 Å². The fourth-order valence-electron chi connectivity index (χ4n) is 5.01. The van der Waals surface area contributed by atoms with E-state index in [9.17, 15) is 9.59 Å². The van der Waals surface area contributed by atoms with E-state index in [4.69, 9.17) is 9.47 Å². The van der Waals surface area contributed by atoms with Gasteiger partial charge in [-0.05, 0) is 38.5 Å². The molecule has 0 spiro atoms. The van der Waals surface area contributed by atoms with Crippen LogP contribution in [0.5, 0.6) is 0 Å². The van der Waals surface area contributed by atoms with E-state index in [1.54, 1.807) is 0 Å². The minimum atomic E-state index is -0.0353. The van der Waals surface area contributed by atoms with Gasteiger partial charge < -0.3 is 9.47 Å². The molecule has 0 aromatic rings. The molecule has 0 saturated carbocycles. The van der Waals surface area contributed by atoms with Gasteiger partial charge in [-0.15, -0.1) is 0 Å². The second-order valence-electron chi connectivity index (χ2n) is 11.5. The predicted molar refractivity (Wildman–Crippen MR) is 163 cm³/mol. The fourth-order valence-corrected chi connectivity index (χ4v) is 5.01. The molecule has 0 heterocycles. The largest absolute Gasteiger partial charge is 0.466 e. The molecular formula is C34H66O4. The summed E-state index contributed by atoms with van der Waals surface area (Å²) in [7, 11) is 0. The van der Waals surface area contributed by atoms with Crippen molar-refractivity contribution >= 4 is 11.9 Å². The molecule has 0 aliphatic heterocycles. The summed E-state index contributed by atoms with van der Waals surface area (Å²) in [6.45, 7) is 7.16. The molecule has 38 heavy (non-hydrogen) atoms. The van der Waals surface area contributed by atoms with Gasteiger partial charge in [0.15, 0.2) is 0 Å². The Morgan fingerprint density at radius 1 is 0.474 bits per heavy atom. The zero-order chi connectivity index (χ0) is 27.9. The molecule has 0 aromatic heterocycles. The highest BCUT2D eigenvalue weighted by atomic mass is 16.5. The first-order valence-electron chi connectivity index (χ1n) is 17.0. The zero-order valence-electron chi connectivity index (χ0n) is 26.0. The van der Waals surface area contributed by atoms with Crippen LogP contribution in [0.1, 0.15) is 194 Å². The van der Waals surface area contributed by atoms with E-state index in [-0.39, 0.29) is 18.0 Å². The molecule has 0 saturated heterocycles. The van der Waals surface area contributed by atoms with Gasteiger partial charge in [0.05, 0.1) is 6.61 Å². The van der Waals surface area contributed by atoms with Crippen LogP contribution in [-0.4, -0.2) is 24.6 Å². The van der Waals surface area contributed by atoms with Gasteiger partial charge in [-0.25, -0.2) is 0 Å². The first-order valence-corrected chi connectivity index (χ1v) is 17.0. The number of unbranched alkanes of at least 4 members (excludes halogenated alkanes) is 20. The van der Waals surface area contributed by atoms with Crippen molar-refractivity contribution in [2.75, 3.05) is 6.61 Å². The smallest absolute Gasteiger partial charge is 0.306 e. The molecular weight excluding hydrogens is 472 g/mol. The first-order chi connectivity index (χ1) is 18.6. The summed E-state index contributed by atoms with van der Waals surface area (Å²) in [5.74, 6) is -0.0678. The highest BCUT2D eigenvalue weighted by molar-refractivity contribution is 5.69. The van der Waals surface area contributed by atoms with E-state index < -0.39 is 0 Å². The van der Waals surface area contributed by atoms with Gasteiger partial charge in [0.2, 0.25) is 0 Å². The molecule has 0 bridgehead atoms. The quantitative estimate of drug-likeness (QED) is 0.0674. The number of hydrogen-bond donors (Lipinski definition) is 0. The summed E-state index contributed by atoms with van der Waals surface area (Å²) in [5.41, 5.74) is 0. The Hall–Kier alpha value is -1.06. The molecule has 0 aliphatic carbocycles. The molecule has 0 fully saturated rings. The minimum absolute atomic E-state index is 0.0325. The lowest BCUT2D eigenvalue weighted by atomic mass is 10.0. The Kier molecular flexibility index (Phi) is 29.6. The number of ether oxygens (including phenoxy) is 2. The van der Waals surface area contributed by atoms with Gasteiger partial charge in [0.25, 0.3) is 0 Å². The maximum absolute atomic E-state index is 12.0. The Labute approximate surface area is 237 Å². The molecule has 226 valence electrons. The van der Waals surface area contributed by atoms with Crippen LogP contribution in [0.25, 0.3) is 0 Å². The number of carbonyl (C=O) groups excluding carboxylic acids is 2. The Balaban J connectivity index is 3.34. The molecule has 0 amide bonds. The summed E-state index contributed by atoms with van der Waals surface area (Å²) >= 11 is 0. The van der Waals surface area contributed by atoms with Gasteiger partial charge in [-0.3, -0.25) is 9.59 Å². The maximum atomic E-state index is 12.0. The predicted octanol–water partition coefficient (Wildman–Crippen LogP) is 11.0. The van der Waals surface area contributed by atoms with Crippen molar-refractivity contribution in [2.45, 2.75) is 200 Å². The van der Waals surface area contributed by atoms with Crippen molar-refractivity contribution in [3.8, 4) is 0 Å². The summed E-state index contributed by atoms with van der Waals surface area (Å²) in [5, 5.41) is 0. The van der Waals surface area contributed by atoms with Crippen molar-refractivity contribution in [3.63, 3.8) is 0 Å². The van der Waals surface area contributed by atoms with Crippen LogP contribution in [0.2, 0.25) is 0 Å². The van der Waals surface area contributed by atoms with Crippen LogP contribution >= 0.6 is 0 Å². The molecule has 1 atom stereocenters. The minimum Gasteiger partial charge on any atom is -0.466 e. The molecule has 0 aliphatic rings. The Morgan fingerprint density at radius 2 is 0.868 bits per heavy atom. The molecule has 1 unspecified atom stereocenters. The zero-order valence-corrected chi connectivity index (χ0v) is 26.0. The summed E-state index contributed by atoms with van der Waals surface area (Å²) in [4.78, 5) is 23.9. The average molecular weight is 539 g/mol. The van der Waals surface area contributed by atoms with E-state index in [1.165, 1.54) is 96.3 Å². The van der Waals surface area contributed by atoms with Crippen LogP contribution in [0, 0.1) is 0 Å². The highest BCUT2D eigenvalue weighted by Gasteiger charge is 2.12. The standard InChI is InChI=1S/C34H66O4/c1-4-7-9-10-11-12-13-14-15-16-17-20-23-27-31-37-33(35)29-25-21-18-19-22-26-30-34(36)38-32(6-3)28-24-8-5-2/h32H,4-31H2,1-3H3. The van der Waals surface area contributed by atoms with E-state index in [1.807, 2.05) is 0 Å². The van der Waals surface area contributed by atoms with Gasteiger partial charge in [-0.1, -0.05) is 143 Å². The SMILES string of the molecule is CCCCCCCCCCCCCCCCOC(=O)CCCCCCCCC(=O)OC(CC)CCCCC. The maximum Gasteiger partial charge on any atom is 0.306 e. The van der Waals surface area contributed by atoms with E-state index in [2.05, 4.69) is 20.8 Å². The van der Waals surface area contributed by atoms with E-state index in [0.717, 1.165) is 64.2 Å². The summed E-state index contributed by atoms with van der Waals surface area (Å²) in [6.07, 6.45) is 31.6. The second kappa shape index (κ2) is 30.5. The van der Waals surface area contributed by atoms with Crippen molar-refractivity contribution < 1.29 is 19.1 Å². The number of carbonyl (C=O) groups is 2. The van der Waals surface area contributed by atoms with E-state index >= 15 is 0 Å². The highest BCUT2D eigenvalue weighted by Crippen LogP contribution is 2.15. The van der Waals surface area contributed by atoms with Crippen molar-refractivity contribution in [2.24, 2.45) is 0 Å². The van der Waals surface area contributed by atoms with Gasteiger partial charge >= 0.3 is 11.9 Å². The average Bonchev–Trinajstić information content (AvgIpc) is 2.91.